The zero-order valence-corrected chi connectivity index (χ0v) is 18.8. The normalized spacial score (nSPS) is 18.7. The van der Waals surface area contributed by atoms with Crippen molar-refractivity contribution in [2.24, 2.45) is 5.10 Å². The van der Waals surface area contributed by atoms with Crippen LogP contribution in [0.3, 0.4) is 0 Å². The number of nitrogens with one attached hydrogen (secondary N) is 1. The molecule has 3 aromatic carbocycles. The molecule has 0 aromatic heterocycles. The molecule has 1 N–H and O–H groups in total. The summed E-state index contributed by atoms with van der Waals surface area (Å²) in [6.45, 7) is 4.59. The highest BCUT2D eigenvalue weighted by atomic mass is 35.5. The second-order valence-electron chi connectivity index (χ2n) is 8.83. The molecule has 0 radical (unpaired) electrons. The van der Waals surface area contributed by atoms with Crippen LogP contribution in [-0.2, 0) is 6.42 Å². The Morgan fingerprint density at radius 1 is 1.09 bits per heavy atom. The fourth-order valence-electron chi connectivity index (χ4n) is 4.33. The number of halogens is 1. The number of urea groups is 1. The van der Waals surface area contributed by atoms with E-state index in [1.807, 2.05) is 60.7 Å². The molecule has 0 fully saturated rings. The Morgan fingerprint density at radius 3 is 2.59 bits per heavy atom. The maximum atomic E-state index is 13.1. The quantitative estimate of drug-likeness (QED) is 0.530. The molecule has 3 aromatic rings. The van der Waals surface area contributed by atoms with E-state index >= 15 is 0 Å². The highest BCUT2D eigenvalue weighted by Crippen LogP contribution is 2.36. The minimum absolute atomic E-state index is 0.0163. The topological polar surface area (TPSA) is 53.9 Å². The van der Waals surface area contributed by atoms with E-state index in [0.29, 0.717) is 11.6 Å². The van der Waals surface area contributed by atoms with E-state index in [4.69, 9.17) is 21.4 Å². The second kappa shape index (κ2) is 7.99. The van der Waals surface area contributed by atoms with Gasteiger partial charge in [-0.1, -0.05) is 54.1 Å². The van der Waals surface area contributed by atoms with E-state index in [0.717, 1.165) is 40.3 Å². The molecule has 162 valence electrons. The Hall–Kier alpha value is -3.31. The summed E-state index contributed by atoms with van der Waals surface area (Å²) >= 11 is 6.08. The van der Waals surface area contributed by atoms with E-state index < -0.39 is 0 Å². The Bertz CT molecular complexity index is 1190. The van der Waals surface area contributed by atoms with Gasteiger partial charge >= 0.3 is 6.03 Å². The number of nitrogens with zero attached hydrogens (tertiary/aromatic N) is 2. The smallest absolute Gasteiger partial charge is 0.342 e. The van der Waals surface area contributed by atoms with Gasteiger partial charge in [-0.25, -0.2) is 9.80 Å². The van der Waals surface area contributed by atoms with Crippen LogP contribution in [0.1, 0.15) is 36.5 Å². The van der Waals surface area contributed by atoms with Crippen LogP contribution < -0.4 is 10.1 Å². The van der Waals surface area contributed by atoms with Gasteiger partial charge in [-0.3, -0.25) is 0 Å². The Labute approximate surface area is 192 Å². The zero-order valence-electron chi connectivity index (χ0n) is 18.0. The third-order valence-corrected chi connectivity index (χ3v) is 6.06. The van der Waals surface area contributed by atoms with Crippen molar-refractivity contribution in [3.8, 4) is 5.75 Å². The molecule has 0 unspecified atom stereocenters. The number of rotatable bonds is 3. The summed E-state index contributed by atoms with van der Waals surface area (Å²) in [7, 11) is 0. The van der Waals surface area contributed by atoms with Gasteiger partial charge < -0.3 is 10.1 Å². The molecule has 0 aliphatic carbocycles. The SMILES string of the molecule is CC1(C)Cc2cc(NC(=O)N3C[C@@H](c4ccccc4)C(c4ccc(Cl)cc4)=N3)ccc2O1. The van der Waals surface area contributed by atoms with Crippen molar-refractivity contribution in [3.63, 3.8) is 0 Å². The summed E-state index contributed by atoms with van der Waals surface area (Å²) in [6.07, 6.45) is 0.810. The first kappa shape index (κ1) is 20.6. The number of benzene rings is 3. The van der Waals surface area contributed by atoms with Crippen LogP contribution in [0.4, 0.5) is 10.5 Å². The number of carbonyl (C=O) groups excluding carboxylic acids is 1. The fourth-order valence-corrected chi connectivity index (χ4v) is 4.46. The molecule has 2 aliphatic rings. The fraction of sp³-hybridized carbons (Fsp3) is 0.231. The van der Waals surface area contributed by atoms with Gasteiger partial charge in [-0.2, -0.15) is 5.10 Å². The molecule has 0 saturated carbocycles. The first-order valence-electron chi connectivity index (χ1n) is 10.7. The average molecular weight is 446 g/mol. The summed E-state index contributed by atoms with van der Waals surface area (Å²) in [5.74, 6) is 0.860. The maximum Gasteiger partial charge on any atom is 0.342 e. The standard InChI is InChI=1S/C26H24ClN3O2/c1-26(2)15-19-14-21(12-13-23(19)32-26)28-25(31)30-16-22(17-6-4-3-5-7-17)24(29-30)18-8-10-20(27)11-9-18/h3-14,22H,15-16H2,1-2H3,(H,28,31)/t22-/m0/s1. The lowest BCUT2D eigenvalue weighted by Crippen LogP contribution is -2.30. The van der Waals surface area contributed by atoms with Crippen molar-refractivity contribution >= 4 is 29.0 Å². The molecule has 5 nitrogen and oxygen atoms in total. The maximum absolute atomic E-state index is 13.1. The molecule has 0 bridgehead atoms. The molecule has 6 heteroatoms. The summed E-state index contributed by atoms with van der Waals surface area (Å²) in [6, 6.07) is 23.2. The summed E-state index contributed by atoms with van der Waals surface area (Å²) in [5.41, 5.74) is 4.54. The van der Waals surface area contributed by atoms with Crippen molar-refractivity contribution in [1.82, 2.24) is 5.01 Å². The Balaban J connectivity index is 1.40. The number of carbonyl (C=O) groups is 1. The van der Waals surface area contributed by atoms with E-state index in [-0.39, 0.29) is 17.6 Å². The third-order valence-electron chi connectivity index (χ3n) is 5.80. The lowest BCUT2D eigenvalue weighted by atomic mass is 9.91. The second-order valence-corrected chi connectivity index (χ2v) is 9.27. The van der Waals surface area contributed by atoms with Gasteiger partial charge in [-0.15, -0.1) is 0 Å². The number of anilines is 1. The summed E-state index contributed by atoms with van der Waals surface area (Å²) in [4.78, 5) is 13.1. The zero-order chi connectivity index (χ0) is 22.3. The van der Waals surface area contributed by atoms with Gasteiger partial charge in [0.1, 0.15) is 11.4 Å². The predicted molar refractivity (Wildman–Crippen MR) is 128 cm³/mol. The number of amides is 2. The van der Waals surface area contributed by atoms with Crippen LogP contribution in [0, 0.1) is 0 Å². The van der Waals surface area contributed by atoms with Crippen LogP contribution in [0.25, 0.3) is 0 Å². The number of hydrogen-bond donors (Lipinski definition) is 1. The van der Waals surface area contributed by atoms with Gasteiger partial charge in [-0.05, 0) is 55.3 Å². The van der Waals surface area contributed by atoms with Crippen molar-refractivity contribution in [2.45, 2.75) is 31.8 Å². The number of hydrazone groups is 1. The Kier molecular flexibility index (Phi) is 5.14. The third kappa shape index (κ3) is 4.08. The molecule has 32 heavy (non-hydrogen) atoms. The van der Waals surface area contributed by atoms with Gasteiger partial charge in [0, 0.05) is 28.6 Å². The van der Waals surface area contributed by atoms with Gasteiger partial charge in [0.05, 0.1) is 12.3 Å². The molecular weight excluding hydrogens is 422 g/mol. The van der Waals surface area contributed by atoms with Crippen LogP contribution >= 0.6 is 11.6 Å². The van der Waals surface area contributed by atoms with Crippen LogP contribution in [-0.4, -0.2) is 28.9 Å². The van der Waals surface area contributed by atoms with Crippen LogP contribution in [0.2, 0.25) is 5.02 Å². The number of hydrogen-bond acceptors (Lipinski definition) is 3. The van der Waals surface area contributed by atoms with E-state index in [1.54, 1.807) is 0 Å². The number of ether oxygens (including phenoxy) is 1. The van der Waals surface area contributed by atoms with E-state index in [1.165, 1.54) is 5.01 Å². The molecule has 5 rings (SSSR count). The van der Waals surface area contributed by atoms with E-state index in [2.05, 4.69) is 31.3 Å². The Morgan fingerprint density at radius 2 is 1.84 bits per heavy atom. The lowest BCUT2D eigenvalue weighted by molar-refractivity contribution is 0.138. The van der Waals surface area contributed by atoms with Crippen molar-refractivity contribution < 1.29 is 9.53 Å². The summed E-state index contributed by atoms with van der Waals surface area (Å²) in [5, 5.41) is 9.88. The largest absolute Gasteiger partial charge is 0.487 e. The first-order valence-corrected chi connectivity index (χ1v) is 11.1. The first-order chi connectivity index (χ1) is 15.4. The monoisotopic (exact) mass is 445 g/mol. The minimum atomic E-state index is -0.256. The minimum Gasteiger partial charge on any atom is -0.487 e. The lowest BCUT2D eigenvalue weighted by Gasteiger charge is -2.16. The highest BCUT2D eigenvalue weighted by molar-refractivity contribution is 6.30. The molecule has 2 aliphatic heterocycles. The van der Waals surface area contributed by atoms with E-state index in [9.17, 15) is 4.79 Å². The van der Waals surface area contributed by atoms with Crippen molar-refractivity contribution in [2.75, 3.05) is 11.9 Å². The molecule has 2 heterocycles. The highest BCUT2D eigenvalue weighted by Gasteiger charge is 2.33. The van der Waals surface area contributed by atoms with Gasteiger partial charge in [0.2, 0.25) is 0 Å². The molecule has 2 amide bonds. The average Bonchev–Trinajstić information content (AvgIpc) is 3.35. The number of fused-ring (bicyclic) bond motifs is 1. The van der Waals surface area contributed by atoms with Crippen LogP contribution in [0.5, 0.6) is 5.75 Å². The molecule has 0 saturated heterocycles. The van der Waals surface area contributed by atoms with Crippen molar-refractivity contribution in [3.05, 3.63) is 94.5 Å². The predicted octanol–water partition coefficient (Wildman–Crippen LogP) is 6.09. The molecule has 0 spiro atoms. The van der Waals surface area contributed by atoms with Crippen LogP contribution in [0.15, 0.2) is 77.9 Å². The van der Waals surface area contributed by atoms with Crippen molar-refractivity contribution in [1.29, 1.82) is 0 Å². The van der Waals surface area contributed by atoms with Gasteiger partial charge in [0.25, 0.3) is 0 Å². The molecular formula is C26H24ClN3O2. The molecule has 1 atom stereocenters. The van der Waals surface area contributed by atoms with Gasteiger partial charge in [0.15, 0.2) is 0 Å². The summed E-state index contributed by atoms with van der Waals surface area (Å²) < 4.78 is 5.93.